The number of hydrogen-bond donors (Lipinski definition) is 2. The summed E-state index contributed by atoms with van der Waals surface area (Å²) in [4.78, 5) is 12.3. The van der Waals surface area contributed by atoms with E-state index < -0.39 is 5.54 Å². The zero-order valence-corrected chi connectivity index (χ0v) is 11.4. The molecule has 0 saturated carbocycles. The Morgan fingerprint density at radius 2 is 2.32 bits per heavy atom. The molecule has 0 radical (unpaired) electrons. The molecule has 2 atom stereocenters. The van der Waals surface area contributed by atoms with Gasteiger partial charge < -0.3 is 19.9 Å². The second-order valence-corrected chi connectivity index (χ2v) is 5.02. The molecule has 1 aliphatic rings. The van der Waals surface area contributed by atoms with E-state index in [1.165, 1.54) is 19.2 Å². The highest BCUT2D eigenvalue weighted by Crippen LogP contribution is 2.28. The molecule has 5 nitrogen and oxygen atoms in total. The summed E-state index contributed by atoms with van der Waals surface area (Å²) in [6.07, 6.45) is 0.703. The largest absolute Gasteiger partial charge is 0.507 e. The summed E-state index contributed by atoms with van der Waals surface area (Å²) in [5.41, 5.74) is -0.202. The minimum atomic E-state index is -0.410. The van der Waals surface area contributed by atoms with Crippen LogP contribution in [0, 0.1) is 0 Å². The molecule has 0 aliphatic carbocycles. The Balaban J connectivity index is 2.20. The van der Waals surface area contributed by atoms with Crippen molar-refractivity contribution in [3.8, 4) is 11.5 Å². The van der Waals surface area contributed by atoms with Gasteiger partial charge in [-0.05, 0) is 38.5 Å². The molecule has 2 rings (SSSR count). The summed E-state index contributed by atoms with van der Waals surface area (Å²) < 4.78 is 10.5. The Morgan fingerprint density at radius 3 is 2.89 bits per heavy atom. The van der Waals surface area contributed by atoms with E-state index in [9.17, 15) is 9.90 Å². The summed E-state index contributed by atoms with van der Waals surface area (Å²) in [7, 11) is 1.52. The van der Waals surface area contributed by atoms with E-state index in [0.717, 1.165) is 6.42 Å². The maximum atomic E-state index is 12.3. The van der Waals surface area contributed by atoms with Gasteiger partial charge in [0.25, 0.3) is 5.91 Å². The molecule has 2 N–H and O–H groups in total. The van der Waals surface area contributed by atoms with Crippen molar-refractivity contribution in [1.29, 1.82) is 0 Å². The first-order chi connectivity index (χ1) is 8.96. The van der Waals surface area contributed by atoms with Gasteiger partial charge in [0.1, 0.15) is 11.5 Å². The monoisotopic (exact) mass is 265 g/mol. The van der Waals surface area contributed by atoms with Crippen LogP contribution in [0.1, 0.15) is 30.6 Å². The molecule has 0 bridgehead atoms. The fourth-order valence-corrected chi connectivity index (χ4v) is 2.15. The molecule has 1 aromatic rings. The summed E-state index contributed by atoms with van der Waals surface area (Å²) in [6, 6.07) is 4.58. The lowest BCUT2D eigenvalue weighted by molar-refractivity contribution is 0.0725. The SMILES string of the molecule is COc1ccc(O)c(C(=O)NC2(C)CCOC2C)c1. The van der Waals surface area contributed by atoms with Crippen molar-refractivity contribution >= 4 is 5.91 Å². The number of aromatic hydroxyl groups is 1. The summed E-state index contributed by atoms with van der Waals surface area (Å²) in [5, 5.41) is 12.7. The van der Waals surface area contributed by atoms with Gasteiger partial charge in [-0.15, -0.1) is 0 Å². The van der Waals surface area contributed by atoms with E-state index in [-0.39, 0.29) is 23.3 Å². The lowest BCUT2D eigenvalue weighted by atomic mass is 9.94. The highest BCUT2D eigenvalue weighted by molar-refractivity contribution is 5.97. The summed E-state index contributed by atoms with van der Waals surface area (Å²) in [5.74, 6) is 0.147. The van der Waals surface area contributed by atoms with Gasteiger partial charge in [-0.2, -0.15) is 0 Å². The van der Waals surface area contributed by atoms with Crippen molar-refractivity contribution in [3.05, 3.63) is 23.8 Å². The van der Waals surface area contributed by atoms with Crippen molar-refractivity contribution in [3.63, 3.8) is 0 Å². The summed E-state index contributed by atoms with van der Waals surface area (Å²) in [6.45, 7) is 4.50. The van der Waals surface area contributed by atoms with Crippen LogP contribution in [0.25, 0.3) is 0 Å². The topological polar surface area (TPSA) is 67.8 Å². The molecule has 2 unspecified atom stereocenters. The zero-order chi connectivity index (χ0) is 14.0. The zero-order valence-electron chi connectivity index (χ0n) is 11.4. The molecule has 0 spiro atoms. The highest BCUT2D eigenvalue weighted by Gasteiger charge is 2.38. The number of phenols is 1. The number of carbonyl (C=O) groups excluding carboxylic acids is 1. The first-order valence-corrected chi connectivity index (χ1v) is 6.27. The van der Waals surface area contributed by atoms with Crippen LogP contribution in [0.4, 0.5) is 0 Å². The number of phenolic OH excluding ortho intramolecular Hbond substituents is 1. The molecule has 1 fully saturated rings. The second-order valence-electron chi connectivity index (χ2n) is 5.02. The van der Waals surface area contributed by atoms with Crippen LogP contribution in [0.3, 0.4) is 0 Å². The average molecular weight is 265 g/mol. The molecule has 1 aromatic carbocycles. The molecular weight excluding hydrogens is 246 g/mol. The van der Waals surface area contributed by atoms with Gasteiger partial charge in [0.2, 0.25) is 0 Å². The third-order valence-corrected chi connectivity index (χ3v) is 3.73. The second kappa shape index (κ2) is 5.09. The third kappa shape index (κ3) is 2.66. The number of methoxy groups -OCH3 is 1. The lowest BCUT2D eigenvalue weighted by Crippen LogP contribution is -2.50. The molecule has 19 heavy (non-hydrogen) atoms. The first kappa shape index (κ1) is 13.7. The lowest BCUT2D eigenvalue weighted by Gasteiger charge is -2.29. The predicted molar refractivity (Wildman–Crippen MR) is 70.6 cm³/mol. The Morgan fingerprint density at radius 1 is 1.58 bits per heavy atom. The van der Waals surface area contributed by atoms with Crippen LogP contribution >= 0.6 is 0 Å². The number of ether oxygens (including phenoxy) is 2. The molecule has 5 heteroatoms. The van der Waals surface area contributed by atoms with Crippen LogP contribution < -0.4 is 10.1 Å². The normalized spacial score (nSPS) is 26.2. The van der Waals surface area contributed by atoms with Gasteiger partial charge in [0.15, 0.2) is 0 Å². The van der Waals surface area contributed by atoms with Gasteiger partial charge in [-0.3, -0.25) is 4.79 Å². The molecular formula is C14H19NO4. The quantitative estimate of drug-likeness (QED) is 0.873. The van der Waals surface area contributed by atoms with Crippen LogP contribution in [0.15, 0.2) is 18.2 Å². The number of rotatable bonds is 3. The highest BCUT2D eigenvalue weighted by atomic mass is 16.5. The Hall–Kier alpha value is -1.75. The predicted octanol–water partition coefficient (Wildman–Crippen LogP) is 1.70. The molecule has 104 valence electrons. The van der Waals surface area contributed by atoms with E-state index in [1.54, 1.807) is 6.07 Å². The van der Waals surface area contributed by atoms with Gasteiger partial charge in [-0.1, -0.05) is 0 Å². The van der Waals surface area contributed by atoms with Crippen molar-refractivity contribution in [1.82, 2.24) is 5.32 Å². The van der Waals surface area contributed by atoms with Gasteiger partial charge in [0, 0.05) is 6.61 Å². The Bertz CT molecular complexity index is 488. The van der Waals surface area contributed by atoms with Crippen molar-refractivity contribution in [2.45, 2.75) is 31.9 Å². The molecule has 0 aromatic heterocycles. The van der Waals surface area contributed by atoms with E-state index >= 15 is 0 Å². The number of nitrogens with one attached hydrogen (secondary N) is 1. The fraction of sp³-hybridized carbons (Fsp3) is 0.500. The Kier molecular flexibility index (Phi) is 3.66. The maximum absolute atomic E-state index is 12.3. The third-order valence-electron chi connectivity index (χ3n) is 3.73. The van der Waals surface area contributed by atoms with Crippen LogP contribution in [0.5, 0.6) is 11.5 Å². The van der Waals surface area contributed by atoms with Crippen LogP contribution in [-0.4, -0.2) is 36.4 Å². The number of hydrogen-bond acceptors (Lipinski definition) is 4. The fourth-order valence-electron chi connectivity index (χ4n) is 2.15. The van der Waals surface area contributed by atoms with Crippen molar-refractivity contribution in [2.75, 3.05) is 13.7 Å². The van der Waals surface area contributed by atoms with E-state index in [0.29, 0.717) is 12.4 Å². The number of benzene rings is 1. The van der Waals surface area contributed by atoms with Crippen molar-refractivity contribution in [2.24, 2.45) is 0 Å². The molecule has 1 saturated heterocycles. The number of amides is 1. The average Bonchev–Trinajstić information content (AvgIpc) is 2.69. The van der Waals surface area contributed by atoms with E-state index in [2.05, 4.69) is 5.32 Å². The van der Waals surface area contributed by atoms with E-state index in [4.69, 9.17) is 9.47 Å². The molecule has 1 aliphatic heterocycles. The standard InChI is InChI=1S/C14H19NO4/c1-9-14(2,6-7-19-9)15-13(17)11-8-10(18-3)4-5-12(11)16/h4-5,8-9,16H,6-7H2,1-3H3,(H,15,17). The molecule has 1 heterocycles. The Labute approximate surface area is 112 Å². The minimum Gasteiger partial charge on any atom is -0.507 e. The van der Waals surface area contributed by atoms with Gasteiger partial charge >= 0.3 is 0 Å². The number of carbonyl (C=O) groups is 1. The molecule has 1 amide bonds. The van der Waals surface area contributed by atoms with E-state index in [1.807, 2.05) is 13.8 Å². The summed E-state index contributed by atoms with van der Waals surface area (Å²) >= 11 is 0. The van der Waals surface area contributed by atoms with Gasteiger partial charge in [0.05, 0.1) is 24.3 Å². The smallest absolute Gasteiger partial charge is 0.255 e. The van der Waals surface area contributed by atoms with Crippen LogP contribution in [-0.2, 0) is 4.74 Å². The van der Waals surface area contributed by atoms with Crippen molar-refractivity contribution < 1.29 is 19.4 Å². The first-order valence-electron chi connectivity index (χ1n) is 6.27. The van der Waals surface area contributed by atoms with Crippen LogP contribution in [0.2, 0.25) is 0 Å². The van der Waals surface area contributed by atoms with Gasteiger partial charge in [-0.25, -0.2) is 0 Å². The minimum absolute atomic E-state index is 0.0517. The maximum Gasteiger partial charge on any atom is 0.255 e.